The van der Waals surface area contributed by atoms with E-state index < -0.39 is 6.10 Å². The number of aryl methyl sites for hydroxylation is 1. The molecule has 2 N–H and O–H groups in total. The topological polar surface area (TPSA) is 54.4 Å². The van der Waals surface area contributed by atoms with Crippen LogP contribution < -0.4 is 10.1 Å². The molecule has 5 heteroatoms. The monoisotopic (exact) mass is 330 g/mol. The van der Waals surface area contributed by atoms with Crippen LogP contribution in [-0.2, 0) is 6.54 Å². The van der Waals surface area contributed by atoms with Gasteiger partial charge < -0.3 is 15.2 Å². The van der Waals surface area contributed by atoms with Gasteiger partial charge in [0.05, 0.1) is 11.8 Å². The zero-order valence-corrected chi connectivity index (χ0v) is 13.8. The van der Waals surface area contributed by atoms with Gasteiger partial charge in [-0.1, -0.05) is 17.7 Å². The molecule has 1 aromatic carbocycles. The molecular formula is C19H23FN2O2. The van der Waals surface area contributed by atoms with Crippen LogP contribution in [0.1, 0.15) is 24.1 Å². The second kappa shape index (κ2) is 7.73. The minimum absolute atomic E-state index is 0.104. The summed E-state index contributed by atoms with van der Waals surface area (Å²) >= 11 is 0. The molecule has 3 rings (SSSR count). The van der Waals surface area contributed by atoms with E-state index in [9.17, 15) is 9.50 Å². The standard InChI is InChI=1S/C19H23FN2O2/c1-13-4-7-15(8-5-13)24-18-9-6-14(19(18)23)11-21-12-17-16(20)3-2-10-22-17/h2-5,7-8,10,14,18-19,21,23H,6,9,11-12H2,1H3/t14-,18-,19-/m1/s1. The Morgan fingerprint density at radius 2 is 2.04 bits per heavy atom. The fourth-order valence-corrected chi connectivity index (χ4v) is 3.09. The lowest BCUT2D eigenvalue weighted by Crippen LogP contribution is -2.35. The summed E-state index contributed by atoms with van der Waals surface area (Å²) in [5.41, 5.74) is 1.58. The Morgan fingerprint density at radius 3 is 2.79 bits per heavy atom. The van der Waals surface area contributed by atoms with Crippen molar-refractivity contribution in [2.45, 2.75) is 38.5 Å². The predicted molar refractivity (Wildman–Crippen MR) is 90.2 cm³/mol. The van der Waals surface area contributed by atoms with E-state index in [2.05, 4.69) is 10.3 Å². The van der Waals surface area contributed by atoms with Gasteiger partial charge in [0.1, 0.15) is 17.7 Å². The minimum atomic E-state index is -0.521. The molecule has 0 unspecified atom stereocenters. The average molecular weight is 330 g/mol. The van der Waals surface area contributed by atoms with Gasteiger partial charge in [-0.3, -0.25) is 4.98 Å². The van der Waals surface area contributed by atoms with Crippen molar-refractivity contribution in [2.24, 2.45) is 5.92 Å². The van der Waals surface area contributed by atoms with Crippen LogP contribution in [0.25, 0.3) is 0 Å². The molecule has 128 valence electrons. The average Bonchev–Trinajstić information content (AvgIpc) is 2.92. The lowest BCUT2D eigenvalue weighted by atomic mass is 10.1. The molecule has 1 aliphatic rings. The summed E-state index contributed by atoms with van der Waals surface area (Å²) in [6, 6.07) is 10.8. The first-order valence-corrected chi connectivity index (χ1v) is 8.35. The molecule has 1 fully saturated rings. The number of rotatable bonds is 6. The molecule has 0 spiro atoms. The number of ether oxygens (including phenoxy) is 1. The van der Waals surface area contributed by atoms with Crippen LogP contribution in [0.4, 0.5) is 4.39 Å². The van der Waals surface area contributed by atoms with Crippen molar-refractivity contribution in [2.75, 3.05) is 6.54 Å². The van der Waals surface area contributed by atoms with Gasteiger partial charge >= 0.3 is 0 Å². The fourth-order valence-electron chi connectivity index (χ4n) is 3.09. The highest BCUT2D eigenvalue weighted by molar-refractivity contribution is 5.26. The van der Waals surface area contributed by atoms with Crippen molar-refractivity contribution in [3.63, 3.8) is 0 Å². The quantitative estimate of drug-likeness (QED) is 0.855. The molecule has 3 atom stereocenters. The van der Waals surface area contributed by atoms with Crippen LogP contribution in [-0.4, -0.2) is 28.8 Å². The van der Waals surface area contributed by atoms with Gasteiger partial charge in [0, 0.05) is 25.2 Å². The highest BCUT2D eigenvalue weighted by Crippen LogP contribution is 2.29. The Kier molecular flexibility index (Phi) is 5.43. The van der Waals surface area contributed by atoms with Crippen LogP contribution in [0.15, 0.2) is 42.6 Å². The van der Waals surface area contributed by atoms with E-state index in [4.69, 9.17) is 4.74 Å². The van der Waals surface area contributed by atoms with Crippen LogP contribution in [0.5, 0.6) is 5.75 Å². The summed E-state index contributed by atoms with van der Waals surface area (Å²) in [6.07, 6.45) is 2.57. The Labute approximate surface area is 141 Å². The lowest BCUT2D eigenvalue weighted by Gasteiger charge is -2.21. The molecule has 0 aliphatic heterocycles. The molecule has 1 heterocycles. The molecule has 0 amide bonds. The van der Waals surface area contributed by atoms with E-state index in [1.54, 1.807) is 12.3 Å². The highest BCUT2D eigenvalue weighted by atomic mass is 19.1. The van der Waals surface area contributed by atoms with Gasteiger partial charge in [-0.25, -0.2) is 4.39 Å². The van der Waals surface area contributed by atoms with Crippen molar-refractivity contribution in [3.05, 3.63) is 59.7 Å². The summed E-state index contributed by atoms with van der Waals surface area (Å²) in [5.74, 6) is 0.582. The molecule has 0 bridgehead atoms. The molecule has 4 nitrogen and oxygen atoms in total. The second-order valence-corrected chi connectivity index (χ2v) is 6.36. The molecular weight excluding hydrogens is 307 g/mol. The third-order valence-corrected chi connectivity index (χ3v) is 4.53. The minimum Gasteiger partial charge on any atom is -0.488 e. The summed E-state index contributed by atoms with van der Waals surface area (Å²) in [6.45, 7) is 3.00. The first kappa shape index (κ1) is 16.9. The summed E-state index contributed by atoms with van der Waals surface area (Å²) in [4.78, 5) is 4.01. The van der Waals surface area contributed by atoms with E-state index in [-0.39, 0.29) is 17.8 Å². The van der Waals surface area contributed by atoms with E-state index >= 15 is 0 Å². The Balaban J connectivity index is 1.48. The highest BCUT2D eigenvalue weighted by Gasteiger charge is 2.35. The lowest BCUT2D eigenvalue weighted by molar-refractivity contribution is 0.0349. The van der Waals surface area contributed by atoms with Gasteiger partial charge in [-0.2, -0.15) is 0 Å². The predicted octanol–water partition coefficient (Wildman–Crippen LogP) is 2.84. The van der Waals surface area contributed by atoms with Crippen LogP contribution in [0.2, 0.25) is 0 Å². The zero-order chi connectivity index (χ0) is 16.9. The van der Waals surface area contributed by atoms with Gasteiger partial charge in [-0.05, 0) is 44.0 Å². The van der Waals surface area contributed by atoms with Crippen LogP contribution in [0, 0.1) is 18.7 Å². The number of aromatic nitrogens is 1. The van der Waals surface area contributed by atoms with E-state index in [1.165, 1.54) is 11.6 Å². The Bertz CT molecular complexity index is 663. The van der Waals surface area contributed by atoms with Crippen LogP contribution >= 0.6 is 0 Å². The molecule has 2 aromatic rings. The number of nitrogens with zero attached hydrogens (tertiary/aromatic N) is 1. The van der Waals surface area contributed by atoms with Gasteiger partial charge in [0.15, 0.2) is 0 Å². The number of aliphatic hydroxyl groups excluding tert-OH is 1. The Hall–Kier alpha value is -1.98. The first-order chi connectivity index (χ1) is 11.6. The number of hydrogen-bond acceptors (Lipinski definition) is 4. The maximum Gasteiger partial charge on any atom is 0.146 e. The number of nitrogens with one attached hydrogen (secondary N) is 1. The number of pyridine rings is 1. The van der Waals surface area contributed by atoms with Crippen molar-refractivity contribution >= 4 is 0 Å². The van der Waals surface area contributed by atoms with Gasteiger partial charge in [-0.15, -0.1) is 0 Å². The van der Waals surface area contributed by atoms with Crippen molar-refractivity contribution in [1.82, 2.24) is 10.3 Å². The number of halogens is 1. The third-order valence-electron chi connectivity index (χ3n) is 4.53. The van der Waals surface area contributed by atoms with E-state index in [1.807, 2.05) is 31.2 Å². The zero-order valence-electron chi connectivity index (χ0n) is 13.8. The summed E-state index contributed by atoms with van der Waals surface area (Å²) < 4.78 is 19.4. The van der Waals surface area contributed by atoms with Crippen LogP contribution in [0.3, 0.4) is 0 Å². The smallest absolute Gasteiger partial charge is 0.146 e. The SMILES string of the molecule is Cc1ccc(O[C@@H]2CC[C@H](CNCc3ncccc3F)[C@H]2O)cc1. The maximum atomic E-state index is 13.5. The summed E-state index contributed by atoms with van der Waals surface area (Å²) in [7, 11) is 0. The second-order valence-electron chi connectivity index (χ2n) is 6.36. The normalized spacial score (nSPS) is 23.4. The molecule has 0 radical (unpaired) electrons. The molecule has 24 heavy (non-hydrogen) atoms. The molecule has 0 saturated heterocycles. The van der Waals surface area contributed by atoms with E-state index in [0.29, 0.717) is 18.8 Å². The largest absolute Gasteiger partial charge is 0.488 e. The van der Waals surface area contributed by atoms with Crippen molar-refractivity contribution in [3.8, 4) is 5.75 Å². The number of hydrogen-bond donors (Lipinski definition) is 2. The maximum absolute atomic E-state index is 13.5. The Morgan fingerprint density at radius 1 is 1.25 bits per heavy atom. The van der Waals surface area contributed by atoms with Crippen molar-refractivity contribution < 1.29 is 14.2 Å². The summed E-state index contributed by atoms with van der Waals surface area (Å²) in [5, 5.41) is 13.7. The van der Waals surface area contributed by atoms with E-state index in [0.717, 1.165) is 18.6 Å². The number of aliphatic hydroxyl groups is 1. The van der Waals surface area contributed by atoms with Gasteiger partial charge in [0.25, 0.3) is 0 Å². The fraction of sp³-hybridized carbons (Fsp3) is 0.421. The van der Waals surface area contributed by atoms with Gasteiger partial charge in [0.2, 0.25) is 0 Å². The molecule has 1 aliphatic carbocycles. The first-order valence-electron chi connectivity index (χ1n) is 8.35. The molecule has 1 aromatic heterocycles. The number of benzene rings is 1. The molecule has 1 saturated carbocycles. The third kappa shape index (κ3) is 4.10. The van der Waals surface area contributed by atoms with Crippen molar-refractivity contribution in [1.29, 1.82) is 0 Å².